The Kier molecular flexibility index (Phi) is 36.6. The van der Waals surface area contributed by atoms with Crippen LogP contribution < -0.4 is 32.6 Å². The fourth-order valence-electron chi connectivity index (χ4n) is 11.5. The number of nitrogens with zero attached hydrogens (tertiary/aromatic N) is 5. The van der Waals surface area contributed by atoms with Crippen LogP contribution in [0, 0.1) is 11.8 Å². The number of carbonyl (C=O) groups is 6. The van der Waals surface area contributed by atoms with Gasteiger partial charge in [-0.3, -0.25) is 28.2 Å². The lowest BCUT2D eigenvalue weighted by Gasteiger charge is -2.35. The van der Waals surface area contributed by atoms with E-state index in [-0.39, 0.29) is 80.6 Å². The summed E-state index contributed by atoms with van der Waals surface area (Å²) in [7, 11) is -6.01. The summed E-state index contributed by atoms with van der Waals surface area (Å²) in [5.74, 6) is 7.13. The quantitative estimate of drug-likeness (QED) is 0.0120. The second kappa shape index (κ2) is 45.5. The van der Waals surface area contributed by atoms with Gasteiger partial charge in [0.25, 0.3) is 5.56 Å². The zero-order valence-corrected chi connectivity index (χ0v) is 63.8. The van der Waals surface area contributed by atoms with Gasteiger partial charge in [0.1, 0.15) is 32.5 Å². The summed E-state index contributed by atoms with van der Waals surface area (Å²) in [5.41, 5.74) is 8.37. The van der Waals surface area contributed by atoms with E-state index in [4.69, 9.17) is 67.6 Å². The lowest BCUT2D eigenvalue weighted by molar-refractivity contribution is -0.175. The van der Waals surface area contributed by atoms with E-state index in [1.54, 1.807) is 48.1 Å². The Balaban J connectivity index is 0.676. The van der Waals surface area contributed by atoms with Gasteiger partial charge in [0.2, 0.25) is 44.2 Å². The first-order valence-electron chi connectivity index (χ1n) is 36.0. The van der Waals surface area contributed by atoms with Gasteiger partial charge in [0, 0.05) is 95.3 Å². The molecule has 6 N–H and O–H groups in total. The third-order valence-corrected chi connectivity index (χ3v) is 19.3. The van der Waals surface area contributed by atoms with E-state index in [1.165, 1.54) is 12.4 Å². The number of unbranched alkanes of at least 4 members (excludes halogenated alkanes) is 2. The third kappa shape index (κ3) is 28.2. The van der Waals surface area contributed by atoms with Crippen molar-refractivity contribution in [3.8, 4) is 23.2 Å². The average molecular weight is 1550 g/mol. The number of sulfone groups is 1. The van der Waals surface area contributed by atoms with E-state index in [2.05, 4.69) is 48.9 Å². The van der Waals surface area contributed by atoms with Gasteiger partial charge >= 0.3 is 12.1 Å². The summed E-state index contributed by atoms with van der Waals surface area (Å²) < 4.78 is 106. The maximum atomic E-state index is 14.5. The number of rotatable bonds is 51. The van der Waals surface area contributed by atoms with Crippen LogP contribution in [0.1, 0.15) is 99.1 Å². The normalized spacial score (nSPS) is 14.6. The number of anilines is 1. The summed E-state index contributed by atoms with van der Waals surface area (Å²) in [5, 5.41) is 11.6. The third-order valence-electron chi connectivity index (χ3n) is 16.9. The number of nitrogens with two attached hydrogens (primary N) is 1. The number of hydrogen-bond acceptors (Lipinski definition) is 26. The molecular formula is C74H102N10O22S2. The molecule has 0 saturated carbocycles. The molecule has 5 heterocycles. The Morgan fingerprint density at radius 3 is 1.87 bits per heavy atom. The van der Waals surface area contributed by atoms with Crippen molar-refractivity contribution in [2.45, 2.75) is 115 Å². The second-order valence-electron chi connectivity index (χ2n) is 25.5. The predicted octanol–water partition coefficient (Wildman–Crippen LogP) is 3.30. The molecule has 1 unspecified atom stereocenters. The number of aromatic nitrogens is 4. The molecule has 4 amide bonds. The highest BCUT2D eigenvalue weighted by molar-refractivity contribution is 7.97. The maximum absolute atomic E-state index is 14.5. The summed E-state index contributed by atoms with van der Waals surface area (Å²) in [4.78, 5) is 105. The first-order valence-corrected chi connectivity index (χ1v) is 39.9. The lowest BCUT2D eigenvalue weighted by Crippen LogP contribution is -2.47. The molecule has 0 radical (unpaired) electrons. The smallest absolute Gasteiger partial charge is 0.457 e. The Morgan fingerprint density at radius 1 is 0.731 bits per heavy atom. The summed E-state index contributed by atoms with van der Waals surface area (Å²) >= 11 is 0. The van der Waals surface area contributed by atoms with Crippen LogP contribution in [0.3, 0.4) is 0 Å². The van der Waals surface area contributed by atoms with Gasteiger partial charge in [-0.1, -0.05) is 49.1 Å². The van der Waals surface area contributed by atoms with Crippen molar-refractivity contribution in [1.29, 1.82) is 0 Å². The highest BCUT2D eigenvalue weighted by atomic mass is 32.2. The molecule has 108 heavy (non-hydrogen) atoms. The number of benzene rings is 2. The van der Waals surface area contributed by atoms with Crippen LogP contribution in [0.25, 0.3) is 22.3 Å². The number of esters is 1. The van der Waals surface area contributed by atoms with Crippen molar-refractivity contribution in [2.24, 2.45) is 5.73 Å². The second-order valence-corrected chi connectivity index (χ2v) is 29.8. The SMILES string of the molecule is C=S(C)(=O)N(CCc1c2c(nc3ccccc13)-c1cc3c(c(=O)n1C2)COC(=O)[C@@]3(CC)OC(=O)OCc1ccc(NC(=O)[C@H](CCCCN)NC(=O)COCC(=O)NCCOCCOCCOCCOCCOCCOCCOCCOCCNC(=O)CCCC#Cc2cnc(S(C)(=O)=O)nc2)cc1)C(C)C. The first kappa shape index (κ1) is 86.8. The van der Waals surface area contributed by atoms with E-state index < -0.39 is 79.8 Å². The molecule has 2 aromatic carbocycles. The van der Waals surface area contributed by atoms with Gasteiger partial charge in [0.15, 0.2) is 0 Å². The lowest BCUT2D eigenvalue weighted by atomic mass is 9.85. The number of fused-ring (bicyclic) bond motifs is 5. The predicted molar refractivity (Wildman–Crippen MR) is 399 cm³/mol. The minimum Gasteiger partial charge on any atom is -0.457 e. The topological polar surface area (TPSA) is 402 Å². The number of pyridine rings is 2. The average Bonchev–Trinajstić information content (AvgIpc) is 1.47. The Bertz CT molecular complexity index is 4120. The summed E-state index contributed by atoms with van der Waals surface area (Å²) in [6, 6.07) is 14.7. The number of carbonyl (C=O) groups excluding carboxylic acids is 6. The molecule has 0 bridgehead atoms. The van der Waals surface area contributed by atoms with E-state index in [9.17, 15) is 46.2 Å². The van der Waals surface area contributed by atoms with Crippen molar-refractivity contribution in [3.63, 3.8) is 0 Å². The van der Waals surface area contributed by atoms with Crippen molar-refractivity contribution < 1.29 is 98.2 Å². The van der Waals surface area contributed by atoms with E-state index in [0.717, 1.165) is 22.8 Å². The first-order chi connectivity index (χ1) is 52.0. The zero-order chi connectivity index (χ0) is 77.7. The largest absolute Gasteiger partial charge is 0.510 e. The van der Waals surface area contributed by atoms with Crippen LogP contribution >= 0.6 is 0 Å². The molecule has 0 saturated heterocycles. The molecular weight excluding hydrogens is 1440 g/mol. The summed E-state index contributed by atoms with van der Waals surface area (Å²) in [6.07, 6.45) is 7.31. The zero-order valence-electron chi connectivity index (χ0n) is 62.2. The van der Waals surface area contributed by atoms with Gasteiger partial charge in [-0.15, -0.1) is 0 Å². The molecule has 5 aromatic rings. The van der Waals surface area contributed by atoms with E-state index in [0.29, 0.717) is 184 Å². The van der Waals surface area contributed by atoms with Crippen molar-refractivity contribution in [2.75, 3.05) is 163 Å². The Labute approximate surface area is 630 Å². The van der Waals surface area contributed by atoms with Crippen molar-refractivity contribution in [3.05, 3.63) is 111 Å². The van der Waals surface area contributed by atoms with E-state index in [1.807, 2.05) is 42.4 Å². The molecule has 3 aromatic heterocycles. The highest BCUT2D eigenvalue weighted by Crippen LogP contribution is 2.42. The number of hydrogen-bond donors (Lipinski definition) is 5. The fourth-order valence-corrected chi connectivity index (χ4v) is 13.4. The molecule has 2 aliphatic heterocycles. The molecule has 34 heteroatoms. The molecule has 7 rings (SSSR count). The van der Waals surface area contributed by atoms with Crippen molar-refractivity contribution in [1.82, 2.24) is 39.8 Å². The Morgan fingerprint density at radius 2 is 1.31 bits per heavy atom. The number of para-hydroxylation sites is 1. The van der Waals surface area contributed by atoms with Gasteiger partial charge in [-0.2, -0.15) is 0 Å². The fraction of sp³-hybridized carbons (Fsp3) is 0.554. The van der Waals surface area contributed by atoms with Crippen LogP contribution in [0.2, 0.25) is 0 Å². The minimum absolute atomic E-state index is 0.0468. The van der Waals surface area contributed by atoms with Gasteiger partial charge < -0.3 is 88.4 Å². The molecule has 32 nitrogen and oxygen atoms in total. The van der Waals surface area contributed by atoms with Gasteiger partial charge in [-0.05, 0) is 100 Å². The Hall–Kier alpha value is -8.41. The van der Waals surface area contributed by atoms with Crippen LogP contribution in [0.5, 0.6) is 0 Å². The number of nitrogens with one attached hydrogen (secondary N) is 4. The van der Waals surface area contributed by atoms with Crippen LogP contribution in [0.15, 0.2) is 76.9 Å². The number of cyclic esters (lactones) is 1. The molecule has 2 aliphatic rings. The van der Waals surface area contributed by atoms with Gasteiger partial charge in [-0.25, -0.2) is 37.3 Å². The maximum Gasteiger partial charge on any atom is 0.510 e. The van der Waals surface area contributed by atoms with Crippen LogP contribution in [-0.2, 0) is 132 Å². The molecule has 0 spiro atoms. The number of ether oxygens (including phenoxy) is 12. The van der Waals surface area contributed by atoms with Crippen molar-refractivity contribution >= 4 is 77.8 Å². The standard InChI is InChI=1S/C74H102N10O22S2/c1-7-74(61-45-64-68-59(48-83(64)70(89)60(61)50-104-71(74)90)57(58-16-11-12-17-62(58)82-68)24-28-84(53(2)3)107(4,5)92)106-73(91)105-49-54-20-22-56(23-21-54)80-69(88)63(18-13-14-25-75)81-67(87)52-103-51-66(86)77-27-30-96-32-34-98-36-38-100-40-42-102-44-43-101-41-39-99-37-35-97-33-31-95-29-26-76-65(85)19-10-8-9-15-55-46-78-72(79-47-55)108(6,93)94/h11-12,16-17,20-23,45-47,53,63H,4,7-8,10,13-14,18-19,24-44,48-52,75H2,1-3,5-6H3,(H,76,85)(H,77,86)(H,80,88)(H,81,87)/t63-,74-,107?/m0/s1. The van der Waals surface area contributed by atoms with Crippen LogP contribution in [-0.4, -0.2) is 248 Å². The molecule has 0 fully saturated rings. The molecule has 3 atom stereocenters. The minimum atomic E-state index is -3.47. The molecule has 592 valence electrons. The summed E-state index contributed by atoms with van der Waals surface area (Å²) in [6.45, 7) is 11.5. The van der Waals surface area contributed by atoms with Crippen LogP contribution in [0.4, 0.5) is 10.5 Å². The van der Waals surface area contributed by atoms with E-state index >= 15 is 0 Å². The highest BCUT2D eigenvalue weighted by Gasteiger charge is 2.51. The monoisotopic (exact) mass is 1550 g/mol. The molecule has 0 aliphatic carbocycles. The van der Waals surface area contributed by atoms with Gasteiger partial charge in [0.05, 0.1) is 140 Å². The number of amides is 4.